The molecule has 2 nitrogen and oxygen atoms in total. The smallest absolute Gasteiger partial charge is 0.131 e. The number of aromatic nitrogens is 1. The van der Waals surface area contributed by atoms with Gasteiger partial charge in [-0.2, -0.15) is 0 Å². The molecule has 0 saturated heterocycles. The van der Waals surface area contributed by atoms with Gasteiger partial charge >= 0.3 is 0 Å². The third-order valence-electron chi connectivity index (χ3n) is 2.60. The van der Waals surface area contributed by atoms with Crippen LogP contribution in [-0.2, 0) is 25.9 Å². The van der Waals surface area contributed by atoms with Crippen molar-refractivity contribution in [3.05, 3.63) is 53.7 Å². The third kappa shape index (κ3) is 3.58. The van der Waals surface area contributed by atoms with Gasteiger partial charge in [0, 0.05) is 25.7 Å². The SMILES string of the molecule is CCCc1ccnc(-c2[c-]ccc(C=O)c2)c1.[Rh]. The standard InChI is InChI=1S/C15H14NO.Rh/c1-2-4-12-7-8-16-15(10-12)14-6-3-5-13(9-14)11-17;/h3,5,7-11H,2,4H2,1H3;/q-1;. The van der Waals surface area contributed by atoms with E-state index in [0.29, 0.717) is 5.56 Å². The van der Waals surface area contributed by atoms with Crippen molar-refractivity contribution >= 4 is 6.29 Å². The van der Waals surface area contributed by atoms with Crippen LogP contribution in [-0.4, -0.2) is 11.3 Å². The van der Waals surface area contributed by atoms with E-state index in [9.17, 15) is 4.79 Å². The van der Waals surface area contributed by atoms with Crippen molar-refractivity contribution in [1.82, 2.24) is 4.98 Å². The van der Waals surface area contributed by atoms with E-state index >= 15 is 0 Å². The summed E-state index contributed by atoms with van der Waals surface area (Å²) in [7, 11) is 0. The zero-order valence-electron chi connectivity index (χ0n) is 10.1. The number of carbonyl (C=O) groups is 1. The Morgan fingerprint density at radius 3 is 2.89 bits per heavy atom. The maximum absolute atomic E-state index is 10.7. The Morgan fingerprint density at radius 2 is 2.17 bits per heavy atom. The third-order valence-corrected chi connectivity index (χ3v) is 2.60. The van der Waals surface area contributed by atoms with Gasteiger partial charge in [0.15, 0.2) is 0 Å². The van der Waals surface area contributed by atoms with Crippen LogP contribution in [0.15, 0.2) is 36.5 Å². The molecule has 3 heteroatoms. The van der Waals surface area contributed by atoms with E-state index in [0.717, 1.165) is 30.4 Å². The van der Waals surface area contributed by atoms with Crippen molar-refractivity contribution in [2.45, 2.75) is 19.8 Å². The predicted molar refractivity (Wildman–Crippen MR) is 67.9 cm³/mol. The number of aryl methyl sites for hydroxylation is 1. The molecule has 0 saturated carbocycles. The molecule has 2 aromatic rings. The van der Waals surface area contributed by atoms with Crippen LogP contribution in [0.5, 0.6) is 0 Å². The van der Waals surface area contributed by atoms with Gasteiger partial charge in [-0.15, -0.1) is 29.8 Å². The van der Waals surface area contributed by atoms with E-state index < -0.39 is 0 Å². The fourth-order valence-corrected chi connectivity index (χ4v) is 1.77. The van der Waals surface area contributed by atoms with Crippen LogP contribution < -0.4 is 0 Å². The van der Waals surface area contributed by atoms with Gasteiger partial charge in [0.05, 0.1) is 0 Å². The van der Waals surface area contributed by atoms with E-state index in [1.165, 1.54) is 5.56 Å². The molecule has 1 heterocycles. The minimum Gasteiger partial charge on any atom is -0.305 e. The van der Waals surface area contributed by atoms with Gasteiger partial charge in [-0.05, 0) is 18.2 Å². The molecule has 1 aromatic carbocycles. The molecule has 0 aliphatic carbocycles. The zero-order valence-corrected chi connectivity index (χ0v) is 11.8. The number of pyridine rings is 1. The Balaban J connectivity index is 0.00000162. The molecule has 0 spiro atoms. The van der Waals surface area contributed by atoms with Gasteiger partial charge in [-0.25, -0.2) is 0 Å². The maximum Gasteiger partial charge on any atom is 0.131 e. The average molecular weight is 327 g/mol. The molecule has 0 aliphatic rings. The Morgan fingerprint density at radius 1 is 1.33 bits per heavy atom. The number of carbonyl (C=O) groups excluding carboxylic acids is 1. The van der Waals surface area contributed by atoms with Crippen molar-refractivity contribution in [2.75, 3.05) is 0 Å². The molecule has 0 fully saturated rings. The Kier molecular flexibility index (Phi) is 5.87. The monoisotopic (exact) mass is 327 g/mol. The van der Waals surface area contributed by atoms with Crippen molar-refractivity contribution in [1.29, 1.82) is 0 Å². The minimum absolute atomic E-state index is 0. The largest absolute Gasteiger partial charge is 0.305 e. The normalized spacial score (nSPS) is 9.61. The van der Waals surface area contributed by atoms with Crippen molar-refractivity contribution in [3.63, 3.8) is 0 Å². The first-order valence-electron chi connectivity index (χ1n) is 5.75. The number of rotatable bonds is 4. The van der Waals surface area contributed by atoms with E-state index in [4.69, 9.17) is 0 Å². The Hall–Kier alpha value is -1.34. The van der Waals surface area contributed by atoms with Crippen LogP contribution in [0.2, 0.25) is 0 Å². The molecule has 0 amide bonds. The van der Waals surface area contributed by atoms with Crippen LogP contribution >= 0.6 is 0 Å². The molecule has 95 valence electrons. The van der Waals surface area contributed by atoms with Gasteiger partial charge in [-0.3, -0.25) is 4.79 Å². The molecule has 18 heavy (non-hydrogen) atoms. The second kappa shape index (κ2) is 7.18. The molecular weight excluding hydrogens is 313 g/mol. The number of aldehydes is 1. The second-order valence-electron chi connectivity index (χ2n) is 3.95. The summed E-state index contributed by atoms with van der Waals surface area (Å²) in [6, 6.07) is 12.5. The van der Waals surface area contributed by atoms with Crippen molar-refractivity contribution in [2.24, 2.45) is 0 Å². The quantitative estimate of drug-likeness (QED) is 0.490. The number of hydrogen-bond acceptors (Lipinski definition) is 2. The van der Waals surface area contributed by atoms with Crippen LogP contribution in [0.25, 0.3) is 11.3 Å². The van der Waals surface area contributed by atoms with Crippen LogP contribution in [0.1, 0.15) is 29.3 Å². The average Bonchev–Trinajstić information content (AvgIpc) is 2.40. The molecule has 1 aromatic heterocycles. The molecule has 2 rings (SSSR count). The first-order chi connectivity index (χ1) is 8.33. The molecule has 0 N–H and O–H groups in total. The summed E-state index contributed by atoms with van der Waals surface area (Å²) in [5.74, 6) is 0. The fraction of sp³-hybridized carbons (Fsp3) is 0.200. The van der Waals surface area contributed by atoms with Gasteiger partial charge in [0.2, 0.25) is 0 Å². The summed E-state index contributed by atoms with van der Waals surface area (Å²) >= 11 is 0. The molecule has 0 atom stereocenters. The van der Waals surface area contributed by atoms with E-state index in [-0.39, 0.29) is 19.5 Å². The molecular formula is C15H14NORh-. The summed E-state index contributed by atoms with van der Waals surface area (Å²) in [6.45, 7) is 2.15. The number of hydrogen-bond donors (Lipinski definition) is 0. The van der Waals surface area contributed by atoms with Crippen LogP contribution in [0.4, 0.5) is 0 Å². The second-order valence-corrected chi connectivity index (χ2v) is 3.95. The first-order valence-corrected chi connectivity index (χ1v) is 5.75. The zero-order chi connectivity index (χ0) is 12.1. The number of nitrogens with zero attached hydrogens (tertiary/aromatic N) is 1. The van der Waals surface area contributed by atoms with Gasteiger partial charge in [0.1, 0.15) is 6.29 Å². The summed E-state index contributed by atoms with van der Waals surface area (Å²) in [4.78, 5) is 15.0. The van der Waals surface area contributed by atoms with E-state index in [1.54, 1.807) is 12.1 Å². The Labute approximate surface area is 120 Å². The van der Waals surface area contributed by atoms with Crippen LogP contribution in [0.3, 0.4) is 0 Å². The molecule has 0 bridgehead atoms. The maximum atomic E-state index is 10.7. The van der Waals surface area contributed by atoms with Crippen molar-refractivity contribution in [3.8, 4) is 11.3 Å². The first kappa shape index (κ1) is 14.7. The molecule has 1 radical (unpaired) electrons. The summed E-state index contributed by atoms with van der Waals surface area (Å²) < 4.78 is 0. The fourth-order valence-electron chi connectivity index (χ4n) is 1.77. The topological polar surface area (TPSA) is 30.0 Å². The van der Waals surface area contributed by atoms with Crippen LogP contribution in [0, 0.1) is 6.07 Å². The number of benzene rings is 1. The minimum atomic E-state index is 0. The van der Waals surface area contributed by atoms with E-state index in [2.05, 4.69) is 24.0 Å². The summed E-state index contributed by atoms with van der Waals surface area (Å²) in [5, 5.41) is 0. The van der Waals surface area contributed by atoms with Gasteiger partial charge < -0.3 is 4.98 Å². The van der Waals surface area contributed by atoms with Crippen molar-refractivity contribution < 1.29 is 24.3 Å². The molecule has 0 aliphatic heterocycles. The Bertz CT molecular complexity index is 525. The summed E-state index contributed by atoms with van der Waals surface area (Å²) in [6.07, 6.45) is 4.80. The van der Waals surface area contributed by atoms with E-state index in [1.807, 2.05) is 18.3 Å². The predicted octanol–water partition coefficient (Wildman–Crippen LogP) is 3.31. The van der Waals surface area contributed by atoms with Gasteiger partial charge in [-0.1, -0.05) is 30.5 Å². The van der Waals surface area contributed by atoms with Gasteiger partial charge in [0.25, 0.3) is 0 Å². The summed E-state index contributed by atoms with van der Waals surface area (Å²) in [5.41, 5.74) is 3.66. The molecule has 0 unspecified atom stereocenters.